The maximum atomic E-state index is 14.5. The van der Waals surface area contributed by atoms with Crippen LogP contribution >= 0.6 is 22.6 Å². The number of benzene rings is 2. The van der Waals surface area contributed by atoms with Gasteiger partial charge in [-0.2, -0.15) is 0 Å². The number of imidazole rings is 2. The molecule has 0 aliphatic carbocycles. The van der Waals surface area contributed by atoms with Crippen LogP contribution in [0.15, 0.2) is 86.0 Å². The molecule has 2 aliphatic rings. The third-order valence-electron chi connectivity index (χ3n) is 8.72. The molecule has 8 rings (SSSR count). The minimum absolute atomic E-state index is 0.167. The molecule has 6 heterocycles. The molecule has 5 N–H and O–H groups in total. The van der Waals surface area contributed by atoms with Crippen LogP contribution in [-0.2, 0) is 9.47 Å². The SMILES string of the molecule is O=C(Nc1ncnc2c1ncn2[C@@H]1O[C@H](CI)[C@@H](O)[C@H]1F)c1ccccc1.O=C(Nc1ncnc2c1ncn2[C@@H]1O[C@H](CO)[C@@H](O)[C@H]1F)c1ccccc1. The zero-order chi connectivity index (χ0) is 37.9. The van der Waals surface area contributed by atoms with Gasteiger partial charge in [0, 0.05) is 15.6 Å². The number of fused-ring (bicyclic) bond motifs is 2. The van der Waals surface area contributed by atoms with Crippen LogP contribution in [0.25, 0.3) is 22.3 Å². The number of ether oxygens (including phenoxy) is 2. The molecule has 0 saturated carbocycles. The van der Waals surface area contributed by atoms with E-state index in [2.05, 4.69) is 40.5 Å². The summed E-state index contributed by atoms with van der Waals surface area (Å²) in [4.78, 5) is 49.4. The van der Waals surface area contributed by atoms with E-state index in [-0.39, 0.29) is 34.6 Å². The Morgan fingerprint density at radius 3 is 1.50 bits per heavy atom. The first-order valence-corrected chi connectivity index (χ1v) is 17.9. The van der Waals surface area contributed by atoms with Crippen molar-refractivity contribution in [2.45, 2.75) is 49.2 Å². The molecule has 0 spiro atoms. The molecule has 0 bridgehead atoms. The summed E-state index contributed by atoms with van der Waals surface area (Å²) in [5.41, 5.74) is 2.01. The van der Waals surface area contributed by atoms with Crippen molar-refractivity contribution in [1.29, 1.82) is 0 Å². The Morgan fingerprint density at radius 2 is 1.11 bits per heavy atom. The average Bonchev–Trinajstić information content (AvgIpc) is 3.97. The van der Waals surface area contributed by atoms with Crippen LogP contribution in [0.5, 0.6) is 0 Å². The minimum atomic E-state index is -1.77. The predicted molar refractivity (Wildman–Crippen MR) is 195 cm³/mol. The number of nitrogens with one attached hydrogen (secondary N) is 2. The van der Waals surface area contributed by atoms with Crippen molar-refractivity contribution in [3.63, 3.8) is 0 Å². The highest BCUT2D eigenvalue weighted by Crippen LogP contribution is 2.36. The van der Waals surface area contributed by atoms with Gasteiger partial charge in [0.2, 0.25) is 0 Å². The van der Waals surface area contributed by atoms with Crippen molar-refractivity contribution in [2.75, 3.05) is 21.7 Å². The summed E-state index contributed by atoms with van der Waals surface area (Å²) in [6.07, 6.45) is -4.82. The Hall–Kier alpha value is -5.13. The van der Waals surface area contributed by atoms with Crippen LogP contribution in [0.1, 0.15) is 33.2 Å². The highest BCUT2D eigenvalue weighted by atomic mass is 127. The second-order valence-electron chi connectivity index (χ2n) is 12.1. The molecule has 2 amide bonds. The van der Waals surface area contributed by atoms with Gasteiger partial charge in [-0.1, -0.05) is 59.0 Å². The standard InChI is InChI=1S/C17H15FIN5O3.C17H16FN5O4/c18-11-13(25)10(6-19)27-17(11)24-8-22-12-14(20-7-21-15(12)24)23-16(26)9-4-2-1-3-5-9;18-11-13(25)10(6-24)27-17(11)23-8-21-12-14(19-7-20-15(12)23)22-16(26)9-4-2-1-3-5-9/h1-5,7-8,10-11,13,17,25H,6H2,(H,20,21,23,26);1-5,7-8,10-11,13,17,24-25H,6H2,(H,19,20,22,26)/t2*10-,11-,13-,17-/m11/s1. The summed E-state index contributed by atoms with van der Waals surface area (Å²) in [6, 6.07) is 17.3. The van der Waals surface area contributed by atoms with E-state index in [1.54, 1.807) is 54.6 Å². The zero-order valence-electron chi connectivity index (χ0n) is 27.8. The van der Waals surface area contributed by atoms with Crippen LogP contribution in [0.4, 0.5) is 20.4 Å². The summed E-state index contributed by atoms with van der Waals surface area (Å²) in [5.74, 6) is -0.334. The lowest BCUT2D eigenvalue weighted by molar-refractivity contribution is -0.0459. The number of anilines is 2. The van der Waals surface area contributed by atoms with Crippen molar-refractivity contribution in [3.05, 3.63) is 97.1 Å². The Kier molecular flexibility index (Phi) is 11.1. The molecule has 0 radical (unpaired) electrons. The summed E-state index contributed by atoms with van der Waals surface area (Å²) in [6.45, 7) is -0.516. The normalized spacial score (nSPS) is 25.0. The van der Waals surface area contributed by atoms with E-state index in [9.17, 15) is 33.7 Å². The van der Waals surface area contributed by atoms with Crippen molar-refractivity contribution in [3.8, 4) is 0 Å². The predicted octanol–water partition coefficient (Wildman–Crippen LogP) is 2.78. The van der Waals surface area contributed by atoms with E-state index in [1.165, 1.54) is 34.4 Å². The van der Waals surface area contributed by atoms with Crippen LogP contribution < -0.4 is 10.6 Å². The van der Waals surface area contributed by atoms with E-state index < -0.39 is 55.8 Å². The molecule has 20 heteroatoms. The van der Waals surface area contributed by atoms with Gasteiger partial charge in [-0.05, 0) is 24.3 Å². The zero-order valence-corrected chi connectivity index (χ0v) is 30.0. The number of halogens is 3. The first-order valence-electron chi connectivity index (χ1n) is 16.4. The number of nitrogens with zero attached hydrogens (tertiary/aromatic N) is 8. The Balaban J connectivity index is 0.000000167. The van der Waals surface area contributed by atoms with Crippen LogP contribution in [-0.4, -0.2) is 114 Å². The molecule has 2 aliphatic heterocycles. The van der Waals surface area contributed by atoms with Gasteiger partial charge in [0.1, 0.15) is 31.0 Å². The number of alkyl halides is 3. The number of hydrogen-bond donors (Lipinski definition) is 5. The molecule has 2 saturated heterocycles. The van der Waals surface area contributed by atoms with Gasteiger partial charge in [-0.15, -0.1) is 0 Å². The van der Waals surface area contributed by atoms with Gasteiger partial charge in [0.05, 0.1) is 25.4 Å². The monoisotopic (exact) mass is 856 g/mol. The topological polar surface area (TPSA) is 225 Å². The molecule has 280 valence electrons. The number of aliphatic hydroxyl groups excluding tert-OH is 3. The summed E-state index contributed by atoms with van der Waals surface area (Å²) >= 11 is 2.04. The van der Waals surface area contributed by atoms with Gasteiger partial charge in [0.25, 0.3) is 11.8 Å². The maximum Gasteiger partial charge on any atom is 0.256 e. The van der Waals surface area contributed by atoms with Gasteiger partial charge >= 0.3 is 0 Å². The molecular formula is C34H31F2IN10O7. The lowest BCUT2D eigenvalue weighted by Crippen LogP contribution is -2.30. The number of aliphatic hydroxyl groups is 3. The first-order chi connectivity index (χ1) is 26.2. The van der Waals surface area contributed by atoms with E-state index in [1.807, 2.05) is 28.7 Å². The fourth-order valence-corrected chi connectivity index (χ4v) is 6.66. The van der Waals surface area contributed by atoms with Gasteiger partial charge < -0.3 is 35.4 Å². The maximum absolute atomic E-state index is 14.5. The highest BCUT2D eigenvalue weighted by molar-refractivity contribution is 14.1. The second kappa shape index (κ2) is 16.1. The molecule has 54 heavy (non-hydrogen) atoms. The lowest BCUT2D eigenvalue weighted by Gasteiger charge is -2.15. The number of rotatable bonds is 8. The summed E-state index contributed by atoms with van der Waals surface area (Å²) < 4.78 is 43.1. The van der Waals surface area contributed by atoms with Crippen molar-refractivity contribution in [2.24, 2.45) is 0 Å². The molecular weight excluding hydrogens is 825 g/mol. The molecule has 4 aromatic heterocycles. The first kappa shape index (κ1) is 37.2. The average molecular weight is 857 g/mol. The van der Waals surface area contributed by atoms with Gasteiger partial charge in [0.15, 0.2) is 58.8 Å². The van der Waals surface area contributed by atoms with Crippen molar-refractivity contribution < 1.29 is 43.2 Å². The molecule has 2 fully saturated rings. The van der Waals surface area contributed by atoms with Crippen LogP contribution in [0.3, 0.4) is 0 Å². The Morgan fingerprint density at radius 1 is 0.685 bits per heavy atom. The molecule has 6 aromatic rings. The van der Waals surface area contributed by atoms with E-state index >= 15 is 0 Å². The quantitative estimate of drug-likeness (QED) is 0.110. The molecule has 0 unspecified atom stereocenters. The largest absolute Gasteiger partial charge is 0.394 e. The molecule has 2 aromatic carbocycles. The minimum Gasteiger partial charge on any atom is -0.394 e. The number of amides is 2. The smallest absolute Gasteiger partial charge is 0.256 e. The lowest BCUT2D eigenvalue weighted by atomic mass is 10.1. The van der Waals surface area contributed by atoms with Crippen LogP contribution in [0, 0.1) is 0 Å². The fourth-order valence-electron chi connectivity index (χ4n) is 5.93. The van der Waals surface area contributed by atoms with Crippen molar-refractivity contribution in [1.82, 2.24) is 39.0 Å². The third kappa shape index (κ3) is 7.22. The van der Waals surface area contributed by atoms with E-state index in [0.717, 1.165) is 0 Å². The fraction of sp³-hybridized carbons (Fsp3) is 0.294. The van der Waals surface area contributed by atoms with Gasteiger partial charge in [-0.25, -0.2) is 38.7 Å². The second-order valence-corrected chi connectivity index (χ2v) is 13.0. The van der Waals surface area contributed by atoms with Crippen molar-refractivity contribution >= 4 is 68.4 Å². The van der Waals surface area contributed by atoms with Crippen LogP contribution in [0.2, 0.25) is 0 Å². The number of hydrogen-bond acceptors (Lipinski definition) is 13. The number of carbonyl (C=O) groups excluding carboxylic acids is 2. The number of carbonyl (C=O) groups is 2. The van der Waals surface area contributed by atoms with E-state index in [4.69, 9.17) is 9.47 Å². The van der Waals surface area contributed by atoms with Gasteiger partial charge in [-0.3, -0.25) is 18.7 Å². The molecule has 17 nitrogen and oxygen atoms in total. The summed E-state index contributed by atoms with van der Waals surface area (Å²) in [7, 11) is 0. The number of aromatic nitrogens is 8. The highest BCUT2D eigenvalue weighted by Gasteiger charge is 2.46. The molecule has 8 atom stereocenters. The third-order valence-corrected chi connectivity index (χ3v) is 9.59. The Labute approximate surface area is 317 Å². The Bertz CT molecular complexity index is 2090. The summed E-state index contributed by atoms with van der Waals surface area (Å²) in [5, 5.41) is 34.3. The van der Waals surface area contributed by atoms with E-state index in [0.29, 0.717) is 26.7 Å².